The van der Waals surface area contributed by atoms with E-state index in [2.05, 4.69) is 9.71 Å². The molecule has 1 N–H and O–H groups in total. The predicted molar refractivity (Wildman–Crippen MR) is 73.6 cm³/mol. The van der Waals surface area contributed by atoms with Gasteiger partial charge in [0.15, 0.2) is 0 Å². The number of hydrogen-bond acceptors (Lipinski definition) is 3. The molecule has 0 fully saturated rings. The zero-order valence-electron chi connectivity index (χ0n) is 10.5. The number of sulfonamides is 1. The van der Waals surface area contributed by atoms with Gasteiger partial charge in [-0.3, -0.25) is 0 Å². The third-order valence-electron chi connectivity index (χ3n) is 3.02. The number of nitrogens with one attached hydrogen (secondary N) is 1. The monoisotopic (exact) mass is 310 g/mol. The Kier molecular flexibility index (Phi) is 5.00. The van der Waals surface area contributed by atoms with Crippen molar-refractivity contribution in [2.45, 2.75) is 44.0 Å². The summed E-state index contributed by atoms with van der Waals surface area (Å²) in [7, 11) is -3.64. The molecular weight excluding hydrogens is 295 g/mol. The maximum atomic E-state index is 12.2. The lowest BCUT2D eigenvalue weighted by atomic mass is 9.98. The molecule has 0 aliphatic heterocycles. The Morgan fingerprint density at radius 1 is 1.33 bits per heavy atom. The minimum atomic E-state index is -3.64. The van der Waals surface area contributed by atoms with Gasteiger partial charge in [0.05, 0.1) is 5.02 Å². The molecule has 102 valence electrons. The molecule has 0 aliphatic carbocycles. The molecule has 0 aromatic carbocycles. The van der Waals surface area contributed by atoms with E-state index in [1.54, 1.807) is 0 Å². The molecule has 7 heteroatoms. The molecule has 0 unspecified atom stereocenters. The molecule has 0 saturated carbocycles. The Morgan fingerprint density at radius 2 is 1.89 bits per heavy atom. The summed E-state index contributed by atoms with van der Waals surface area (Å²) in [5, 5.41) is 0.207. The van der Waals surface area contributed by atoms with Crippen molar-refractivity contribution in [1.82, 2.24) is 9.71 Å². The molecule has 4 nitrogen and oxygen atoms in total. The van der Waals surface area contributed by atoms with E-state index in [4.69, 9.17) is 23.2 Å². The molecule has 0 spiro atoms. The van der Waals surface area contributed by atoms with Crippen LogP contribution in [0.4, 0.5) is 0 Å². The van der Waals surface area contributed by atoms with Crippen LogP contribution in [0.3, 0.4) is 0 Å². The van der Waals surface area contributed by atoms with E-state index in [9.17, 15) is 8.42 Å². The second-order valence-corrected chi connectivity index (χ2v) is 6.76. The average molecular weight is 311 g/mol. The highest BCUT2D eigenvalue weighted by Gasteiger charge is 2.27. The van der Waals surface area contributed by atoms with E-state index in [0.717, 1.165) is 0 Å². The van der Waals surface area contributed by atoms with Gasteiger partial charge in [0, 0.05) is 11.7 Å². The molecule has 0 radical (unpaired) electrons. The van der Waals surface area contributed by atoms with E-state index in [1.165, 1.54) is 12.3 Å². The fraction of sp³-hybridized carbons (Fsp3) is 0.545. The summed E-state index contributed by atoms with van der Waals surface area (Å²) >= 11 is 11.4. The number of pyridine rings is 1. The summed E-state index contributed by atoms with van der Waals surface area (Å²) in [6, 6.07) is 1.30. The van der Waals surface area contributed by atoms with Crippen LogP contribution in [0.2, 0.25) is 10.2 Å². The molecule has 1 aromatic rings. The fourth-order valence-corrected chi connectivity index (χ4v) is 3.18. The van der Waals surface area contributed by atoms with Crippen molar-refractivity contribution in [2.24, 2.45) is 0 Å². The van der Waals surface area contributed by atoms with Gasteiger partial charge in [-0.2, -0.15) is 0 Å². The first kappa shape index (κ1) is 15.7. The Balaban J connectivity index is 3.10. The van der Waals surface area contributed by atoms with Crippen molar-refractivity contribution in [1.29, 1.82) is 0 Å². The highest BCUT2D eigenvalue weighted by atomic mass is 35.5. The van der Waals surface area contributed by atoms with E-state index in [1.807, 2.05) is 20.8 Å². The topological polar surface area (TPSA) is 59.1 Å². The lowest BCUT2D eigenvalue weighted by molar-refractivity contribution is 0.388. The van der Waals surface area contributed by atoms with Crippen LogP contribution >= 0.6 is 23.2 Å². The van der Waals surface area contributed by atoms with Crippen molar-refractivity contribution >= 4 is 33.2 Å². The number of nitrogens with zero attached hydrogens (tertiary/aromatic N) is 1. The first-order chi connectivity index (χ1) is 8.24. The van der Waals surface area contributed by atoms with Gasteiger partial charge in [-0.1, -0.05) is 37.0 Å². The molecule has 0 bridgehead atoms. The summed E-state index contributed by atoms with van der Waals surface area (Å²) in [5.74, 6) is 0. The second-order valence-electron chi connectivity index (χ2n) is 4.32. The van der Waals surface area contributed by atoms with Crippen LogP contribution in [-0.2, 0) is 10.0 Å². The summed E-state index contributed by atoms with van der Waals surface area (Å²) in [4.78, 5) is 3.76. The van der Waals surface area contributed by atoms with Crippen LogP contribution in [0.1, 0.15) is 33.6 Å². The van der Waals surface area contributed by atoms with Gasteiger partial charge in [0.25, 0.3) is 0 Å². The molecule has 18 heavy (non-hydrogen) atoms. The van der Waals surface area contributed by atoms with Crippen LogP contribution in [-0.4, -0.2) is 18.9 Å². The van der Waals surface area contributed by atoms with Crippen molar-refractivity contribution in [2.75, 3.05) is 0 Å². The largest absolute Gasteiger partial charge is 0.242 e. The smallest absolute Gasteiger partial charge is 0.242 e. The van der Waals surface area contributed by atoms with E-state index in [-0.39, 0.29) is 15.1 Å². The van der Waals surface area contributed by atoms with Crippen LogP contribution in [0.5, 0.6) is 0 Å². The maximum Gasteiger partial charge on any atom is 0.242 e. The lowest BCUT2D eigenvalue weighted by Crippen LogP contribution is -2.44. The molecule has 1 heterocycles. The Hall–Kier alpha value is -0.360. The quantitative estimate of drug-likeness (QED) is 0.849. The third-order valence-corrected chi connectivity index (χ3v) is 5.31. The Bertz CT molecular complexity index is 528. The fourth-order valence-electron chi connectivity index (χ4n) is 1.33. The summed E-state index contributed by atoms with van der Waals surface area (Å²) in [5.41, 5.74) is -0.481. The highest BCUT2D eigenvalue weighted by Crippen LogP contribution is 2.24. The standard InChI is InChI=1S/C11H16Cl2N2O2S/c1-4-11(3,5-2)15-18(16,17)8-6-9(12)10(13)14-7-8/h6-7,15H,4-5H2,1-3H3. The van der Waals surface area contributed by atoms with Crippen LogP contribution in [0.25, 0.3) is 0 Å². The van der Waals surface area contributed by atoms with Gasteiger partial charge in [-0.05, 0) is 25.8 Å². The molecular formula is C11H16Cl2N2O2S. The van der Waals surface area contributed by atoms with Crippen molar-refractivity contribution in [3.8, 4) is 0 Å². The number of halogens is 2. The minimum absolute atomic E-state index is 0.0185. The van der Waals surface area contributed by atoms with Crippen molar-refractivity contribution in [3.63, 3.8) is 0 Å². The Labute approximate surface area is 118 Å². The predicted octanol–water partition coefficient (Wildman–Crippen LogP) is 3.25. The minimum Gasteiger partial charge on any atom is -0.242 e. The normalized spacial score (nSPS) is 12.7. The van der Waals surface area contributed by atoms with Gasteiger partial charge in [-0.15, -0.1) is 0 Å². The SMILES string of the molecule is CCC(C)(CC)NS(=O)(=O)c1cnc(Cl)c(Cl)c1. The molecule has 1 aromatic heterocycles. The molecule has 1 rings (SSSR count). The molecule has 0 amide bonds. The number of hydrogen-bond donors (Lipinski definition) is 1. The van der Waals surface area contributed by atoms with Gasteiger partial charge < -0.3 is 0 Å². The number of aromatic nitrogens is 1. The molecule has 0 atom stereocenters. The second kappa shape index (κ2) is 5.74. The maximum absolute atomic E-state index is 12.2. The molecule has 0 saturated heterocycles. The lowest BCUT2D eigenvalue weighted by Gasteiger charge is -2.27. The average Bonchev–Trinajstić information content (AvgIpc) is 2.32. The van der Waals surface area contributed by atoms with Gasteiger partial charge in [0.1, 0.15) is 10.0 Å². The van der Waals surface area contributed by atoms with Gasteiger partial charge in [0.2, 0.25) is 10.0 Å². The van der Waals surface area contributed by atoms with E-state index >= 15 is 0 Å². The zero-order chi connectivity index (χ0) is 14.0. The van der Waals surface area contributed by atoms with Crippen molar-refractivity contribution < 1.29 is 8.42 Å². The Morgan fingerprint density at radius 3 is 2.33 bits per heavy atom. The first-order valence-electron chi connectivity index (χ1n) is 5.59. The number of rotatable bonds is 5. The highest BCUT2D eigenvalue weighted by molar-refractivity contribution is 7.89. The summed E-state index contributed by atoms with van der Waals surface area (Å²) < 4.78 is 27.0. The van der Waals surface area contributed by atoms with Crippen LogP contribution in [0, 0.1) is 0 Å². The summed E-state index contributed by atoms with van der Waals surface area (Å²) in [6.07, 6.45) is 2.58. The van der Waals surface area contributed by atoms with Gasteiger partial charge >= 0.3 is 0 Å². The first-order valence-corrected chi connectivity index (χ1v) is 7.83. The van der Waals surface area contributed by atoms with E-state index < -0.39 is 15.6 Å². The third kappa shape index (κ3) is 3.57. The van der Waals surface area contributed by atoms with Crippen molar-refractivity contribution in [3.05, 3.63) is 22.4 Å². The molecule has 0 aliphatic rings. The van der Waals surface area contributed by atoms with Gasteiger partial charge in [-0.25, -0.2) is 18.1 Å². The zero-order valence-corrected chi connectivity index (χ0v) is 12.8. The summed E-state index contributed by atoms with van der Waals surface area (Å²) in [6.45, 7) is 5.72. The van der Waals surface area contributed by atoms with Crippen LogP contribution in [0.15, 0.2) is 17.2 Å². The van der Waals surface area contributed by atoms with Crippen LogP contribution < -0.4 is 4.72 Å². The van der Waals surface area contributed by atoms with E-state index in [0.29, 0.717) is 12.8 Å².